The first kappa shape index (κ1) is 17.1. The number of carbonyl (C=O) groups is 1. The summed E-state index contributed by atoms with van der Waals surface area (Å²) >= 11 is 1.60. The summed E-state index contributed by atoms with van der Waals surface area (Å²) in [4.78, 5) is 19.8. The molecule has 0 amide bonds. The second-order valence-corrected chi connectivity index (χ2v) is 5.79. The van der Waals surface area contributed by atoms with Crippen molar-refractivity contribution >= 4 is 46.8 Å². The van der Waals surface area contributed by atoms with Gasteiger partial charge in [-0.05, 0) is 31.4 Å². The zero-order valence-electron chi connectivity index (χ0n) is 13.1. The fraction of sp³-hybridized carbons (Fsp3) is 0.312. The van der Waals surface area contributed by atoms with Gasteiger partial charge in [0.25, 0.3) is 0 Å². The third-order valence-corrected chi connectivity index (χ3v) is 3.92. The van der Waals surface area contributed by atoms with Crippen molar-refractivity contribution < 1.29 is 14.3 Å². The highest BCUT2D eigenvalue weighted by atomic mass is 32.2. The number of rotatable bonds is 8. The number of fused-ring (bicyclic) bond motifs is 1. The van der Waals surface area contributed by atoms with Crippen LogP contribution in [0.15, 0.2) is 23.4 Å². The van der Waals surface area contributed by atoms with Crippen LogP contribution in [0.2, 0.25) is 0 Å². The highest BCUT2D eigenvalue weighted by Gasteiger charge is 2.21. The molecule has 0 radical (unpaired) electrons. The second kappa shape index (κ2) is 7.82. The van der Waals surface area contributed by atoms with Crippen molar-refractivity contribution in [2.24, 2.45) is 0 Å². The maximum absolute atomic E-state index is 11.4. The molecule has 0 aliphatic rings. The fourth-order valence-electron chi connectivity index (χ4n) is 2.18. The van der Waals surface area contributed by atoms with E-state index in [0.29, 0.717) is 29.1 Å². The predicted octanol–water partition coefficient (Wildman–Crippen LogP) is 3.52. The third-order valence-electron chi connectivity index (χ3n) is 3.27. The topological polar surface area (TPSA) is 88.2 Å². The first-order valence-corrected chi connectivity index (χ1v) is 8.52. The number of furan rings is 1. The van der Waals surface area contributed by atoms with Gasteiger partial charge in [-0.15, -0.1) is 0 Å². The van der Waals surface area contributed by atoms with Gasteiger partial charge in [0.05, 0.1) is 0 Å². The Balaban J connectivity index is 2.45. The van der Waals surface area contributed by atoms with Gasteiger partial charge < -0.3 is 14.8 Å². The van der Waals surface area contributed by atoms with E-state index in [9.17, 15) is 9.90 Å². The molecule has 2 heterocycles. The summed E-state index contributed by atoms with van der Waals surface area (Å²) in [6.07, 6.45) is 9.18. The number of nitrogens with zero attached hydrogens (tertiary/aromatic N) is 2. The summed E-state index contributed by atoms with van der Waals surface area (Å²) in [6, 6.07) is -0.733. The maximum Gasteiger partial charge on any atom is 0.326 e. The molecule has 1 unspecified atom stereocenters. The van der Waals surface area contributed by atoms with Crippen molar-refractivity contribution in [3.05, 3.63) is 30.3 Å². The maximum atomic E-state index is 11.4. The molecule has 1 atom stereocenters. The van der Waals surface area contributed by atoms with Crippen LogP contribution >= 0.6 is 11.8 Å². The average Bonchev–Trinajstić information content (AvgIpc) is 2.90. The van der Waals surface area contributed by atoms with Crippen LogP contribution in [0.5, 0.6) is 0 Å². The van der Waals surface area contributed by atoms with E-state index in [2.05, 4.69) is 21.9 Å². The molecular formula is C16H19N3O3S. The number of hydrogen-bond acceptors (Lipinski definition) is 6. The van der Waals surface area contributed by atoms with Gasteiger partial charge in [0.1, 0.15) is 23.6 Å². The summed E-state index contributed by atoms with van der Waals surface area (Å²) in [6.45, 7) is 5.63. The summed E-state index contributed by atoms with van der Waals surface area (Å²) in [5.74, 6) is 0.771. The molecule has 0 bridgehead atoms. The number of allylic oxidation sites excluding steroid dienone is 1. The third kappa shape index (κ3) is 3.73. The lowest BCUT2D eigenvalue weighted by molar-refractivity contribution is -0.137. The van der Waals surface area contributed by atoms with Gasteiger partial charge in [-0.2, -0.15) is 11.8 Å². The number of thioether (sulfide) groups is 1. The lowest BCUT2D eigenvalue weighted by atomic mass is 10.2. The Kier molecular flexibility index (Phi) is 5.81. The van der Waals surface area contributed by atoms with E-state index in [4.69, 9.17) is 4.42 Å². The van der Waals surface area contributed by atoms with Crippen molar-refractivity contribution in [1.29, 1.82) is 0 Å². The van der Waals surface area contributed by atoms with Crippen molar-refractivity contribution in [3.63, 3.8) is 0 Å². The quantitative estimate of drug-likeness (QED) is 0.764. The molecule has 0 saturated carbocycles. The van der Waals surface area contributed by atoms with Gasteiger partial charge in [0.15, 0.2) is 11.4 Å². The number of aliphatic carboxylic acids is 1. The zero-order valence-corrected chi connectivity index (χ0v) is 13.9. The Bertz CT molecular complexity index is 739. The van der Waals surface area contributed by atoms with E-state index in [0.717, 1.165) is 11.3 Å². The number of nitrogens with one attached hydrogen (secondary N) is 1. The van der Waals surface area contributed by atoms with Crippen molar-refractivity contribution in [1.82, 2.24) is 9.97 Å². The van der Waals surface area contributed by atoms with E-state index in [-0.39, 0.29) is 0 Å². The molecule has 2 aromatic rings. The molecule has 122 valence electrons. The van der Waals surface area contributed by atoms with Gasteiger partial charge in [-0.1, -0.05) is 18.7 Å². The van der Waals surface area contributed by atoms with Crippen LogP contribution in [0, 0.1) is 0 Å². The summed E-state index contributed by atoms with van der Waals surface area (Å²) in [5.41, 5.74) is 1.87. The molecule has 2 N–H and O–H groups in total. The van der Waals surface area contributed by atoms with Crippen LogP contribution in [-0.2, 0) is 4.79 Å². The Labute approximate surface area is 138 Å². The minimum atomic E-state index is -0.921. The van der Waals surface area contributed by atoms with Gasteiger partial charge in [0.2, 0.25) is 0 Å². The van der Waals surface area contributed by atoms with Crippen LogP contribution in [0.25, 0.3) is 23.3 Å². The van der Waals surface area contributed by atoms with E-state index in [1.165, 1.54) is 6.33 Å². The molecule has 0 aliphatic carbocycles. The van der Waals surface area contributed by atoms with E-state index < -0.39 is 12.0 Å². The summed E-state index contributed by atoms with van der Waals surface area (Å²) < 4.78 is 5.76. The Morgan fingerprint density at radius 3 is 2.96 bits per heavy atom. The second-order valence-electron chi connectivity index (χ2n) is 4.80. The largest absolute Gasteiger partial charge is 0.480 e. The highest BCUT2D eigenvalue weighted by molar-refractivity contribution is 7.98. The van der Waals surface area contributed by atoms with E-state index >= 15 is 0 Å². The van der Waals surface area contributed by atoms with Crippen LogP contribution in [-0.4, -0.2) is 39.1 Å². The lowest BCUT2D eigenvalue weighted by Crippen LogP contribution is -2.30. The average molecular weight is 333 g/mol. The SMILES string of the molecule is C=Cc1oc2c(NC(CCSC)C(=O)O)ncnc2c1/C=C\C. The molecule has 0 aromatic carbocycles. The smallest absolute Gasteiger partial charge is 0.326 e. The molecule has 2 rings (SSSR count). The molecule has 23 heavy (non-hydrogen) atoms. The van der Waals surface area contributed by atoms with Crippen LogP contribution in [0.4, 0.5) is 5.82 Å². The summed E-state index contributed by atoms with van der Waals surface area (Å²) in [7, 11) is 0. The minimum Gasteiger partial charge on any atom is -0.480 e. The van der Waals surface area contributed by atoms with Crippen LogP contribution in [0.1, 0.15) is 24.7 Å². The molecular weight excluding hydrogens is 314 g/mol. The van der Waals surface area contributed by atoms with E-state index in [1.807, 2.05) is 25.3 Å². The molecule has 2 aromatic heterocycles. The first-order chi connectivity index (χ1) is 11.1. The van der Waals surface area contributed by atoms with Gasteiger partial charge >= 0.3 is 5.97 Å². The van der Waals surface area contributed by atoms with Crippen LogP contribution in [0.3, 0.4) is 0 Å². The highest BCUT2D eigenvalue weighted by Crippen LogP contribution is 2.30. The molecule has 0 fully saturated rings. The zero-order chi connectivity index (χ0) is 16.8. The predicted molar refractivity (Wildman–Crippen MR) is 94.6 cm³/mol. The van der Waals surface area contributed by atoms with Gasteiger partial charge in [-0.25, -0.2) is 14.8 Å². The van der Waals surface area contributed by atoms with Crippen molar-refractivity contribution in [2.45, 2.75) is 19.4 Å². The first-order valence-electron chi connectivity index (χ1n) is 7.13. The molecule has 0 spiro atoms. The normalized spacial score (nSPS) is 12.6. The number of anilines is 1. The lowest BCUT2D eigenvalue weighted by Gasteiger charge is -2.14. The molecule has 7 heteroatoms. The number of carboxylic acids is 1. The Morgan fingerprint density at radius 2 is 2.35 bits per heavy atom. The number of aromatic nitrogens is 2. The molecule has 6 nitrogen and oxygen atoms in total. The fourth-order valence-corrected chi connectivity index (χ4v) is 2.66. The number of hydrogen-bond donors (Lipinski definition) is 2. The van der Waals surface area contributed by atoms with Gasteiger partial charge in [0, 0.05) is 5.56 Å². The molecule has 0 saturated heterocycles. The van der Waals surface area contributed by atoms with Crippen LogP contribution < -0.4 is 5.32 Å². The minimum absolute atomic E-state index is 0.377. The Morgan fingerprint density at radius 1 is 1.57 bits per heavy atom. The number of carboxylic acid groups (broad SMARTS) is 1. The standard InChI is InChI=1S/C16H19N3O3S/c1-4-6-10-12(5-2)22-14-13(10)17-9-18-15(14)19-11(16(20)21)7-8-23-3/h4-6,9,11H,2,7-8H2,1,3H3,(H,20,21)(H,17,18,19)/b6-4-. The van der Waals surface area contributed by atoms with Crippen molar-refractivity contribution in [2.75, 3.05) is 17.3 Å². The summed E-state index contributed by atoms with van der Waals surface area (Å²) in [5, 5.41) is 12.3. The van der Waals surface area contributed by atoms with Crippen molar-refractivity contribution in [3.8, 4) is 0 Å². The molecule has 0 aliphatic heterocycles. The monoisotopic (exact) mass is 333 g/mol. The van der Waals surface area contributed by atoms with Gasteiger partial charge in [-0.3, -0.25) is 0 Å². The Hall–Kier alpha value is -2.28. The van der Waals surface area contributed by atoms with E-state index in [1.54, 1.807) is 17.8 Å².